The largest absolute Gasteiger partial charge is 0.342 e. The molecule has 0 aliphatic carbocycles. The first kappa shape index (κ1) is 6.84. The second kappa shape index (κ2) is 2.54. The highest BCUT2D eigenvalue weighted by molar-refractivity contribution is 6.29. The summed E-state index contributed by atoms with van der Waals surface area (Å²) in [4.78, 5) is 0. The van der Waals surface area contributed by atoms with Crippen LogP contribution in [0.3, 0.4) is 0 Å². The summed E-state index contributed by atoms with van der Waals surface area (Å²) in [5.74, 6) is 0. The second-order valence-electron chi connectivity index (χ2n) is 1.67. The number of hydrogen-bond donors (Lipinski definition) is 1. The van der Waals surface area contributed by atoms with Crippen LogP contribution >= 0.6 is 11.6 Å². The van der Waals surface area contributed by atoms with Crippen LogP contribution in [0.1, 0.15) is 5.56 Å². The molecule has 0 unspecified atom stereocenters. The minimum absolute atomic E-state index is 0.0324. The molecule has 1 aromatic heterocycles. The molecule has 10 heavy (non-hydrogen) atoms. The summed E-state index contributed by atoms with van der Waals surface area (Å²) >= 11 is 5.48. The lowest BCUT2D eigenvalue weighted by molar-refractivity contribution is -0.903. The standard InChI is InChI=1S/C6H4ClN2O/c7-6-5(4-8)2-1-3-9(6)10/h1-3,10H/q+1. The average Bonchev–Trinajstić information content (AvgIpc) is 1.95. The van der Waals surface area contributed by atoms with Gasteiger partial charge in [-0.3, -0.25) is 5.21 Å². The van der Waals surface area contributed by atoms with E-state index in [2.05, 4.69) is 0 Å². The van der Waals surface area contributed by atoms with Crippen molar-refractivity contribution in [2.45, 2.75) is 0 Å². The molecule has 0 aromatic carbocycles. The van der Waals surface area contributed by atoms with E-state index in [1.165, 1.54) is 18.3 Å². The molecule has 1 aromatic rings. The maximum absolute atomic E-state index is 8.86. The van der Waals surface area contributed by atoms with Crippen molar-refractivity contribution in [2.75, 3.05) is 0 Å². The Bertz CT molecular complexity index is 292. The summed E-state index contributed by atoms with van der Waals surface area (Å²) in [6.07, 6.45) is 1.35. The fraction of sp³-hybridized carbons (Fsp3) is 0. The number of rotatable bonds is 0. The lowest BCUT2D eigenvalue weighted by Gasteiger charge is -1.86. The van der Waals surface area contributed by atoms with E-state index in [1.807, 2.05) is 6.07 Å². The van der Waals surface area contributed by atoms with Gasteiger partial charge in [-0.25, -0.2) is 0 Å². The zero-order valence-electron chi connectivity index (χ0n) is 4.95. The summed E-state index contributed by atoms with van der Waals surface area (Å²) < 4.78 is 0.695. The molecule has 1 heterocycles. The van der Waals surface area contributed by atoms with Gasteiger partial charge in [0.15, 0.2) is 0 Å². The van der Waals surface area contributed by atoms with Gasteiger partial charge in [0.2, 0.25) is 6.20 Å². The molecule has 0 bridgehead atoms. The van der Waals surface area contributed by atoms with E-state index in [0.717, 1.165) is 0 Å². The lowest BCUT2D eigenvalue weighted by Crippen LogP contribution is -2.31. The Morgan fingerprint density at radius 1 is 1.70 bits per heavy atom. The molecule has 3 nitrogen and oxygen atoms in total. The van der Waals surface area contributed by atoms with E-state index in [1.54, 1.807) is 0 Å². The van der Waals surface area contributed by atoms with Crippen LogP contribution in [0, 0.1) is 11.3 Å². The van der Waals surface area contributed by atoms with Crippen LogP contribution in [0.2, 0.25) is 5.15 Å². The monoisotopic (exact) mass is 155 g/mol. The molecule has 0 aliphatic heterocycles. The van der Waals surface area contributed by atoms with E-state index >= 15 is 0 Å². The van der Waals surface area contributed by atoms with Crippen molar-refractivity contribution in [3.8, 4) is 6.07 Å². The SMILES string of the molecule is N#Cc1ccc[n+](O)c1Cl. The Balaban J connectivity index is 3.31. The first-order valence-corrected chi connectivity index (χ1v) is 2.93. The third-order valence-corrected chi connectivity index (χ3v) is 1.41. The number of halogens is 1. The number of nitrogens with zero attached hydrogens (tertiary/aromatic N) is 2. The Morgan fingerprint density at radius 3 is 2.90 bits per heavy atom. The van der Waals surface area contributed by atoms with Gasteiger partial charge in [0.25, 0.3) is 0 Å². The highest BCUT2D eigenvalue weighted by Crippen LogP contribution is 2.06. The first-order chi connectivity index (χ1) is 4.75. The highest BCUT2D eigenvalue weighted by Gasteiger charge is 2.10. The topological polar surface area (TPSA) is 47.9 Å². The summed E-state index contributed by atoms with van der Waals surface area (Å²) in [6.45, 7) is 0. The van der Waals surface area contributed by atoms with Gasteiger partial charge in [-0.15, -0.1) is 0 Å². The van der Waals surface area contributed by atoms with Crippen molar-refractivity contribution < 1.29 is 9.94 Å². The Kier molecular flexibility index (Phi) is 1.74. The number of pyridine rings is 1. The molecule has 0 saturated carbocycles. The maximum Gasteiger partial charge on any atom is 0.342 e. The molecule has 0 radical (unpaired) electrons. The number of nitriles is 1. The number of hydrogen-bond acceptors (Lipinski definition) is 2. The summed E-state index contributed by atoms with van der Waals surface area (Å²) in [6, 6.07) is 4.88. The maximum atomic E-state index is 8.86. The molecule has 0 atom stereocenters. The molecule has 4 heteroatoms. The van der Waals surface area contributed by atoms with Gasteiger partial charge in [0, 0.05) is 10.8 Å². The smallest absolute Gasteiger partial charge is 0.284 e. The summed E-state index contributed by atoms with van der Waals surface area (Å²) in [5.41, 5.74) is 0.256. The van der Waals surface area contributed by atoms with Gasteiger partial charge in [-0.05, 0) is 17.7 Å². The quantitative estimate of drug-likeness (QED) is 0.341. The minimum Gasteiger partial charge on any atom is -0.284 e. The molecular weight excluding hydrogens is 152 g/mol. The summed E-state index contributed by atoms with van der Waals surface area (Å²) in [5, 5.41) is 17.3. The number of aromatic nitrogens is 1. The predicted octanol–water partition coefficient (Wildman–Crippen LogP) is 0.736. The molecular formula is C6H4ClN2O+. The van der Waals surface area contributed by atoms with Crippen molar-refractivity contribution in [1.82, 2.24) is 0 Å². The highest BCUT2D eigenvalue weighted by atomic mass is 35.5. The third kappa shape index (κ3) is 1.02. The molecule has 1 N–H and O–H groups in total. The first-order valence-electron chi connectivity index (χ1n) is 2.55. The fourth-order valence-electron chi connectivity index (χ4n) is 0.562. The van der Waals surface area contributed by atoms with Crippen molar-refractivity contribution >= 4 is 11.6 Å². The van der Waals surface area contributed by atoms with Crippen LogP contribution in [-0.4, -0.2) is 5.21 Å². The third-order valence-electron chi connectivity index (χ3n) is 1.03. The molecule has 0 aliphatic rings. The van der Waals surface area contributed by atoms with Gasteiger partial charge in [0.1, 0.15) is 11.6 Å². The van der Waals surface area contributed by atoms with E-state index in [0.29, 0.717) is 4.73 Å². The second-order valence-corrected chi connectivity index (χ2v) is 2.03. The molecule has 50 valence electrons. The van der Waals surface area contributed by atoms with Crippen LogP contribution in [0.4, 0.5) is 0 Å². The van der Waals surface area contributed by atoms with Crippen molar-refractivity contribution in [2.24, 2.45) is 0 Å². The molecule has 0 fully saturated rings. The minimum atomic E-state index is 0.0324. The van der Waals surface area contributed by atoms with E-state index in [9.17, 15) is 0 Å². The van der Waals surface area contributed by atoms with Crippen molar-refractivity contribution in [3.05, 3.63) is 29.0 Å². The average molecular weight is 156 g/mol. The molecule has 1 rings (SSSR count). The van der Waals surface area contributed by atoms with Crippen LogP contribution in [0.15, 0.2) is 18.3 Å². The van der Waals surface area contributed by atoms with Crippen LogP contribution in [0.25, 0.3) is 0 Å². The van der Waals surface area contributed by atoms with Crippen LogP contribution in [0.5, 0.6) is 0 Å². The summed E-state index contributed by atoms with van der Waals surface area (Å²) in [7, 11) is 0. The van der Waals surface area contributed by atoms with Gasteiger partial charge in [-0.1, -0.05) is 0 Å². The predicted molar refractivity (Wildman–Crippen MR) is 33.5 cm³/mol. The van der Waals surface area contributed by atoms with Gasteiger partial charge in [0.05, 0.1) is 0 Å². The molecule has 0 amide bonds. The Morgan fingerprint density at radius 2 is 2.40 bits per heavy atom. The lowest BCUT2D eigenvalue weighted by atomic mass is 10.3. The van der Waals surface area contributed by atoms with Crippen LogP contribution in [-0.2, 0) is 0 Å². The van der Waals surface area contributed by atoms with Crippen LogP contribution < -0.4 is 4.73 Å². The zero-order valence-corrected chi connectivity index (χ0v) is 5.71. The van der Waals surface area contributed by atoms with Crippen molar-refractivity contribution in [1.29, 1.82) is 5.26 Å². The van der Waals surface area contributed by atoms with E-state index in [4.69, 9.17) is 22.1 Å². The normalized spacial score (nSPS) is 8.80. The van der Waals surface area contributed by atoms with E-state index < -0.39 is 0 Å². The Hall–Kier alpha value is -1.27. The molecule has 0 spiro atoms. The zero-order chi connectivity index (χ0) is 7.56. The molecule has 0 saturated heterocycles. The van der Waals surface area contributed by atoms with Gasteiger partial charge < -0.3 is 0 Å². The van der Waals surface area contributed by atoms with Crippen molar-refractivity contribution in [3.63, 3.8) is 0 Å². The van der Waals surface area contributed by atoms with E-state index in [-0.39, 0.29) is 10.7 Å². The fourth-order valence-corrected chi connectivity index (χ4v) is 0.723. The van der Waals surface area contributed by atoms with Gasteiger partial charge in [-0.2, -0.15) is 5.26 Å². The Labute approximate surface area is 62.7 Å². The van der Waals surface area contributed by atoms with Gasteiger partial charge >= 0.3 is 5.15 Å².